The number of amides is 1. The van der Waals surface area contributed by atoms with Gasteiger partial charge in [0.25, 0.3) is 6.20 Å². The summed E-state index contributed by atoms with van der Waals surface area (Å²) < 4.78 is 0. The molecule has 0 aromatic rings. The highest BCUT2D eigenvalue weighted by Crippen LogP contribution is 2.28. The van der Waals surface area contributed by atoms with Gasteiger partial charge in [0.15, 0.2) is 0 Å². The van der Waals surface area contributed by atoms with Gasteiger partial charge < -0.3 is 5.32 Å². The van der Waals surface area contributed by atoms with Crippen molar-refractivity contribution in [2.24, 2.45) is 0 Å². The number of hydrogen-bond donors (Lipinski definition) is 1. The van der Waals surface area contributed by atoms with Crippen molar-refractivity contribution in [2.75, 3.05) is 12.3 Å². The zero-order valence-corrected chi connectivity index (χ0v) is 11.8. The van der Waals surface area contributed by atoms with Crippen molar-refractivity contribution in [2.45, 2.75) is 44.7 Å². The lowest BCUT2D eigenvalue weighted by atomic mass is 10.2. The Labute approximate surface area is 116 Å². The average molecular weight is 285 g/mol. The molecule has 0 spiro atoms. The van der Waals surface area contributed by atoms with Gasteiger partial charge in [0.05, 0.1) is 11.0 Å². The summed E-state index contributed by atoms with van der Waals surface area (Å²) in [5.74, 6) is 0.659. The minimum Gasteiger partial charge on any atom is -0.303 e. The van der Waals surface area contributed by atoms with Gasteiger partial charge in [-0.1, -0.05) is 12.8 Å². The van der Waals surface area contributed by atoms with Crippen molar-refractivity contribution in [3.63, 3.8) is 0 Å². The van der Waals surface area contributed by atoms with E-state index in [4.69, 9.17) is 0 Å². The number of thioether (sulfide) groups is 1. The van der Waals surface area contributed by atoms with Gasteiger partial charge in [-0.05, 0) is 19.8 Å². The van der Waals surface area contributed by atoms with Crippen LogP contribution in [0.15, 0.2) is 11.2 Å². The lowest BCUT2D eigenvalue weighted by Crippen LogP contribution is -2.46. The maximum atomic E-state index is 12.3. The predicted molar refractivity (Wildman–Crippen MR) is 74.1 cm³/mol. The standard InChI is InChI=1S/C12H19N3O3S/c1-9(13-10-4-2-3-5-10)12(16)14-6-7-19-11(14)8-15(17)18/h8-10,13H,2-7H2,1H3/b11-8-. The summed E-state index contributed by atoms with van der Waals surface area (Å²) in [6.45, 7) is 2.40. The fraction of sp³-hybridized carbons (Fsp3) is 0.750. The molecule has 1 aliphatic heterocycles. The van der Waals surface area contributed by atoms with E-state index in [0.29, 0.717) is 17.6 Å². The van der Waals surface area contributed by atoms with Crippen LogP contribution in [0.5, 0.6) is 0 Å². The maximum Gasteiger partial charge on any atom is 0.264 e. The second-order valence-corrected chi connectivity index (χ2v) is 6.08. The van der Waals surface area contributed by atoms with E-state index in [9.17, 15) is 14.9 Å². The van der Waals surface area contributed by atoms with E-state index in [1.165, 1.54) is 29.5 Å². The summed E-state index contributed by atoms with van der Waals surface area (Å²) in [7, 11) is 0. The number of nitrogens with one attached hydrogen (secondary N) is 1. The molecule has 19 heavy (non-hydrogen) atoms. The number of rotatable bonds is 4. The lowest BCUT2D eigenvalue weighted by molar-refractivity contribution is -0.403. The van der Waals surface area contributed by atoms with Crippen LogP contribution in [0.2, 0.25) is 0 Å². The monoisotopic (exact) mass is 285 g/mol. The topological polar surface area (TPSA) is 75.5 Å². The number of nitrogens with zero attached hydrogens (tertiary/aromatic N) is 2. The van der Waals surface area contributed by atoms with Crippen LogP contribution in [0.1, 0.15) is 32.6 Å². The third kappa shape index (κ3) is 3.70. The number of nitro groups is 1. The van der Waals surface area contributed by atoms with E-state index in [2.05, 4.69) is 5.32 Å². The Morgan fingerprint density at radius 3 is 2.89 bits per heavy atom. The molecule has 1 saturated heterocycles. The highest BCUT2D eigenvalue weighted by molar-refractivity contribution is 8.03. The van der Waals surface area contributed by atoms with Crippen LogP contribution >= 0.6 is 11.8 Å². The molecular weight excluding hydrogens is 266 g/mol. The molecular formula is C12H19N3O3S. The van der Waals surface area contributed by atoms with Crippen LogP contribution in [0, 0.1) is 10.1 Å². The van der Waals surface area contributed by atoms with Gasteiger partial charge in [-0.25, -0.2) is 0 Å². The molecule has 2 fully saturated rings. The van der Waals surface area contributed by atoms with Gasteiger partial charge in [-0.3, -0.25) is 19.8 Å². The van der Waals surface area contributed by atoms with E-state index >= 15 is 0 Å². The molecule has 1 atom stereocenters. The molecule has 0 bridgehead atoms. The number of hydrogen-bond acceptors (Lipinski definition) is 5. The van der Waals surface area contributed by atoms with Crippen molar-refractivity contribution in [3.8, 4) is 0 Å². The number of carbonyl (C=O) groups excluding carboxylic acids is 1. The third-order valence-corrected chi connectivity index (χ3v) is 4.53. The lowest BCUT2D eigenvalue weighted by Gasteiger charge is -2.23. The SMILES string of the molecule is CC(NC1CCCC1)C(=O)N1CCS/C1=C\[N+](=O)[O-]. The molecule has 1 N–H and O–H groups in total. The van der Waals surface area contributed by atoms with Crippen LogP contribution in [0.3, 0.4) is 0 Å². The summed E-state index contributed by atoms with van der Waals surface area (Å²) in [6.07, 6.45) is 5.58. The predicted octanol–water partition coefficient (Wildman–Crippen LogP) is 1.56. The van der Waals surface area contributed by atoms with Crippen LogP contribution in [-0.4, -0.2) is 40.1 Å². The number of carbonyl (C=O) groups is 1. The van der Waals surface area contributed by atoms with Crippen molar-refractivity contribution < 1.29 is 9.72 Å². The summed E-state index contributed by atoms with van der Waals surface area (Å²) in [5.41, 5.74) is 0. The highest BCUT2D eigenvalue weighted by Gasteiger charge is 2.31. The van der Waals surface area contributed by atoms with Crippen molar-refractivity contribution in [1.29, 1.82) is 0 Å². The molecule has 0 aromatic carbocycles. The Balaban J connectivity index is 1.95. The Hall–Kier alpha value is -1.08. The molecule has 7 heteroatoms. The zero-order valence-electron chi connectivity index (χ0n) is 11.0. The Bertz CT molecular complexity index is 394. The fourth-order valence-corrected chi connectivity index (χ4v) is 3.58. The van der Waals surface area contributed by atoms with Gasteiger partial charge in [0.2, 0.25) is 5.91 Å². The molecule has 1 unspecified atom stereocenters. The van der Waals surface area contributed by atoms with E-state index in [0.717, 1.165) is 24.8 Å². The molecule has 0 aromatic heterocycles. The van der Waals surface area contributed by atoms with E-state index in [1.54, 1.807) is 0 Å². The quantitative estimate of drug-likeness (QED) is 0.626. The Morgan fingerprint density at radius 1 is 1.58 bits per heavy atom. The third-order valence-electron chi connectivity index (χ3n) is 3.52. The van der Waals surface area contributed by atoms with Crippen LogP contribution in [0.4, 0.5) is 0 Å². The summed E-state index contributed by atoms with van der Waals surface area (Å²) in [4.78, 5) is 23.9. The molecule has 1 heterocycles. The smallest absolute Gasteiger partial charge is 0.264 e. The minimum absolute atomic E-state index is 0.0648. The first-order valence-electron chi connectivity index (χ1n) is 6.63. The minimum atomic E-state index is -0.497. The van der Waals surface area contributed by atoms with Gasteiger partial charge in [-0.2, -0.15) is 0 Å². The van der Waals surface area contributed by atoms with Gasteiger partial charge in [0, 0.05) is 18.3 Å². The van der Waals surface area contributed by atoms with E-state index in [-0.39, 0.29) is 11.9 Å². The second-order valence-electron chi connectivity index (χ2n) is 4.96. The molecule has 2 aliphatic rings. The van der Waals surface area contributed by atoms with Gasteiger partial charge in [-0.15, -0.1) is 11.8 Å². The first kappa shape index (κ1) is 14.3. The van der Waals surface area contributed by atoms with Crippen molar-refractivity contribution >= 4 is 17.7 Å². The summed E-state index contributed by atoms with van der Waals surface area (Å²) >= 11 is 1.36. The largest absolute Gasteiger partial charge is 0.303 e. The molecule has 1 amide bonds. The van der Waals surface area contributed by atoms with Crippen LogP contribution in [-0.2, 0) is 4.79 Å². The molecule has 0 radical (unpaired) electrons. The Morgan fingerprint density at radius 2 is 2.26 bits per heavy atom. The van der Waals surface area contributed by atoms with E-state index in [1.807, 2.05) is 6.92 Å². The first-order valence-corrected chi connectivity index (χ1v) is 7.62. The molecule has 1 saturated carbocycles. The molecule has 2 rings (SSSR count). The van der Waals surface area contributed by atoms with Gasteiger partial charge in [0.1, 0.15) is 5.03 Å². The van der Waals surface area contributed by atoms with Gasteiger partial charge >= 0.3 is 0 Å². The molecule has 6 nitrogen and oxygen atoms in total. The highest BCUT2D eigenvalue weighted by atomic mass is 32.2. The second kappa shape index (κ2) is 6.38. The van der Waals surface area contributed by atoms with Crippen molar-refractivity contribution in [3.05, 3.63) is 21.3 Å². The Kier molecular flexibility index (Phi) is 4.81. The van der Waals surface area contributed by atoms with E-state index < -0.39 is 4.92 Å². The van der Waals surface area contributed by atoms with Crippen LogP contribution in [0.25, 0.3) is 0 Å². The first-order chi connectivity index (χ1) is 9.08. The van der Waals surface area contributed by atoms with Crippen molar-refractivity contribution in [1.82, 2.24) is 10.2 Å². The normalized spacial score (nSPS) is 24.1. The zero-order chi connectivity index (χ0) is 13.8. The molecule has 106 valence electrons. The average Bonchev–Trinajstić information content (AvgIpc) is 2.98. The summed E-state index contributed by atoms with van der Waals surface area (Å²) in [5, 5.41) is 14.3. The van der Waals surface area contributed by atoms with Crippen LogP contribution < -0.4 is 5.32 Å². The maximum absolute atomic E-state index is 12.3. The fourth-order valence-electron chi connectivity index (χ4n) is 2.60. The summed E-state index contributed by atoms with van der Waals surface area (Å²) in [6, 6.07) is 0.133. The molecule has 1 aliphatic carbocycles.